The molecular formula is C14H18N4. The Kier molecular flexibility index (Phi) is 3.77. The molecular weight excluding hydrogens is 224 g/mol. The van der Waals surface area contributed by atoms with Gasteiger partial charge in [-0.05, 0) is 25.5 Å². The molecule has 4 nitrogen and oxygen atoms in total. The fourth-order valence-electron chi connectivity index (χ4n) is 1.87. The summed E-state index contributed by atoms with van der Waals surface area (Å²) in [4.78, 5) is 10.6. The molecule has 0 atom stereocenters. The van der Waals surface area contributed by atoms with Crippen LogP contribution >= 0.6 is 0 Å². The molecule has 0 bridgehead atoms. The van der Waals surface area contributed by atoms with E-state index in [1.165, 1.54) is 5.56 Å². The molecule has 1 aromatic carbocycles. The van der Waals surface area contributed by atoms with Crippen LogP contribution in [0.25, 0.3) is 0 Å². The Balaban J connectivity index is 2.31. The van der Waals surface area contributed by atoms with Crippen molar-refractivity contribution in [1.82, 2.24) is 9.97 Å². The van der Waals surface area contributed by atoms with Crippen molar-refractivity contribution in [1.29, 1.82) is 0 Å². The molecule has 0 unspecified atom stereocenters. The van der Waals surface area contributed by atoms with Crippen molar-refractivity contribution in [2.75, 3.05) is 23.8 Å². The quantitative estimate of drug-likeness (QED) is 0.895. The molecule has 94 valence electrons. The van der Waals surface area contributed by atoms with Crippen molar-refractivity contribution in [2.24, 2.45) is 0 Å². The van der Waals surface area contributed by atoms with Crippen molar-refractivity contribution >= 4 is 17.3 Å². The van der Waals surface area contributed by atoms with Crippen LogP contribution in [0.1, 0.15) is 12.5 Å². The molecule has 18 heavy (non-hydrogen) atoms. The lowest BCUT2D eigenvalue weighted by Crippen LogP contribution is -2.13. The van der Waals surface area contributed by atoms with Crippen LogP contribution in [0.3, 0.4) is 0 Å². The summed E-state index contributed by atoms with van der Waals surface area (Å²) in [5.74, 6) is 1.73. The molecule has 0 fully saturated rings. The molecule has 1 N–H and O–H groups in total. The van der Waals surface area contributed by atoms with Crippen LogP contribution in [0.15, 0.2) is 36.7 Å². The zero-order valence-corrected chi connectivity index (χ0v) is 11.0. The van der Waals surface area contributed by atoms with Crippen molar-refractivity contribution in [3.8, 4) is 0 Å². The van der Waals surface area contributed by atoms with Crippen LogP contribution in [-0.4, -0.2) is 23.6 Å². The summed E-state index contributed by atoms with van der Waals surface area (Å²) in [6.07, 6.45) is 1.59. The molecule has 0 spiro atoms. The van der Waals surface area contributed by atoms with Crippen molar-refractivity contribution in [2.45, 2.75) is 13.8 Å². The first kappa shape index (κ1) is 12.4. The summed E-state index contributed by atoms with van der Waals surface area (Å²) >= 11 is 0. The Labute approximate surface area is 108 Å². The van der Waals surface area contributed by atoms with Gasteiger partial charge in [0.15, 0.2) is 0 Å². The highest BCUT2D eigenvalue weighted by Crippen LogP contribution is 2.25. The normalized spacial score (nSPS) is 10.2. The molecule has 0 aliphatic rings. The molecule has 1 heterocycles. The van der Waals surface area contributed by atoms with Gasteiger partial charge in [-0.1, -0.05) is 18.2 Å². The molecule has 0 radical (unpaired) electrons. The number of para-hydroxylation sites is 1. The van der Waals surface area contributed by atoms with E-state index in [0.29, 0.717) is 0 Å². The number of rotatable bonds is 4. The highest BCUT2D eigenvalue weighted by Gasteiger charge is 2.08. The molecule has 0 aliphatic carbocycles. The number of benzene rings is 1. The van der Waals surface area contributed by atoms with Crippen LogP contribution in [0, 0.1) is 6.92 Å². The minimum atomic E-state index is 0.850. The Hall–Kier alpha value is -2.10. The first-order chi connectivity index (χ1) is 8.72. The van der Waals surface area contributed by atoms with E-state index in [-0.39, 0.29) is 0 Å². The minimum absolute atomic E-state index is 0.850. The average molecular weight is 242 g/mol. The largest absolute Gasteiger partial charge is 0.370 e. The van der Waals surface area contributed by atoms with Crippen LogP contribution in [0.4, 0.5) is 17.3 Å². The summed E-state index contributed by atoms with van der Waals surface area (Å²) in [7, 11) is 2.01. The van der Waals surface area contributed by atoms with Crippen molar-refractivity contribution in [3.63, 3.8) is 0 Å². The van der Waals surface area contributed by atoms with Gasteiger partial charge in [-0.15, -0.1) is 0 Å². The lowest BCUT2D eigenvalue weighted by atomic mass is 10.2. The average Bonchev–Trinajstić information content (AvgIpc) is 2.39. The number of nitrogens with one attached hydrogen (secondary N) is 1. The van der Waals surface area contributed by atoms with Gasteiger partial charge in [0.1, 0.15) is 18.0 Å². The van der Waals surface area contributed by atoms with E-state index >= 15 is 0 Å². The van der Waals surface area contributed by atoms with Gasteiger partial charge in [0.25, 0.3) is 0 Å². The predicted octanol–water partition coefficient (Wildman–Crippen LogP) is 2.98. The number of hydrogen-bond acceptors (Lipinski definition) is 4. The Bertz CT molecular complexity index is 525. The third-order valence-electron chi connectivity index (χ3n) is 2.83. The molecule has 0 amide bonds. The number of aromatic nitrogens is 2. The van der Waals surface area contributed by atoms with Gasteiger partial charge in [-0.25, -0.2) is 9.97 Å². The van der Waals surface area contributed by atoms with E-state index in [4.69, 9.17) is 0 Å². The van der Waals surface area contributed by atoms with Crippen LogP contribution in [-0.2, 0) is 0 Å². The fourth-order valence-corrected chi connectivity index (χ4v) is 1.87. The zero-order valence-electron chi connectivity index (χ0n) is 11.0. The second-order valence-electron chi connectivity index (χ2n) is 4.14. The van der Waals surface area contributed by atoms with E-state index in [0.717, 1.165) is 23.9 Å². The summed E-state index contributed by atoms with van der Waals surface area (Å²) in [5, 5.41) is 3.19. The smallest absolute Gasteiger partial charge is 0.138 e. The Morgan fingerprint density at radius 2 is 2.00 bits per heavy atom. The second kappa shape index (κ2) is 5.49. The fraction of sp³-hybridized carbons (Fsp3) is 0.286. The highest BCUT2D eigenvalue weighted by atomic mass is 15.2. The first-order valence-electron chi connectivity index (χ1n) is 6.07. The number of anilines is 3. The number of hydrogen-bond donors (Lipinski definition) is 1. The topological polar surface area (TPSA) is 41.0 Å². The lowest BCUT2D eigenvalue weighted by Gasteiger charge is -2.20. The second-order valence-corrected chi connectivity index (χ2v) is 4.14. The van der Waals surface area contributed by atoms with Crippen molar-refractivity contribution < 1.29 is 0 Å². The molecule has 4 heteroatoms. The summed E-state index contributed by atoms with van der Waals surface area (Å²) in [5.41, 5.74) is 2.38. The van der Waals surface area contributed by atoms with Crippen LogP contribution < -0.4 is 10.2 Å². The predicted molar refractivity (Wildman–Crippen MR) is 75.4 cm³/mol. The maximum atomic E-state index is 4.31. The van der Waals surface area contributed by atoms with Gasteiger partial charge in [0.05, 0.1) is 0 Å². The zero-order chi connectivity index (χ0) is 13.0. The van der Waals surface area contributed by atoms with E-state index < -0.39 is 0 Å². The lowest BCUT2D eigenvalue weighted by molar-refractivity contribution is 1.06. The first-order valence-corrected chi connectivity index (χ1v) is 6.07. The van der Waals surface area contributed by atoms with Gasteiger partial charge in [0.2, 0.25) is 0 Å². The maximum absolute atomic E-state index is 4.31. The molecule has 2 rings (SSSR count). The third-order valence-corrected chi connectivity index (χ3v) is 2.83. The van der Waals surface area contributed by atoms with E-state index in [9.17, 15) is 0 Å². The van der Waals surface area contributed by atoms with E-state index in [1.54, 1.807) is 6.33 Å². The van der Waals surface area contributed by atoms with E-state index in [2.05, 4.69) is 39.2 Å². The van der Waals surface area contributed by atoms with Gasteiger partial charge in [-0.2, -0.15) is 0 Å². The molecule has 0 saturated carbocycles. The van der Waals surface area contributed by atoms with Gasteiger partial charge in [-0.3, -0.25) is 0 Å². The standard InChI is InChI=1S/C14H18N4/c1-4-15-13-9-14(17-10-16-13)18(3)12-8-6-5-7-11(12)2/h5-10H,4H2,1-3H3,(H,15,16,17). The number of nitrogens with zero attached hydrogens (tertiary/aromatic N) is 3. The maximum Gasteiger partial charge on any atom is 0.138 e. The minimum Gasteiger partial charge on any atom is -0.370 e. The monoisotopic (exact) mass is 242 g/mol. The molecule has 1 aromatic heterocycles. The molecule has 2 aromatic rings. The Morgan fingerprint density at radius 1 is 1.22 bits per heavy atom. The molecule has 0 saturated heterocycles. The summed E-state index contributed by atoms with van der Waals surface area (Å²) in [6, 6.07) is 10.2. The summed E-state index contributed by atoms with van der Waals surface area (Å²) in [6.45, 7) is 5.00. The third kappa shape index (κ3) is 2.59. The summed E-state index contributed by atoms with van der Waals surface area (Å²) < 4.78 is 0. The van der Waals surface area contributed by atoms with Gasteiger partial charge < -0.3 is 10.2 Å². The van der Waals surface area contributed by atoms with E-state index in [1.807, 2.05) is 32.2 Å². The Morgan fingerprint density at radius 3 is 2.72 bits per heavy atom. The molecule has 0 aliphatic heterocycles. The van der Waals surface area contributed by atoms with Crippen LogP contribution in [0.5, 0.6) is 0 Å². The van der Waals surface area contributed by atoms with Gasteiger partial charge >= 0.3 is 0 Å². The van der Waals surface area contributed by atoms with Crippen LogP contribution in [0.2, 0.25) is 0 Å². The highest BCUT2D eigenvalue weighted by molar-refractivity contribution is 5.64. The van der Waals surface area contributed by atoms with Crippen molar-refractivity contribution in [3.05, 3.63) is 42.2 Å². The van der Waals surface area contributed by atoms with Gasteiger partial charge in [0, 0.05) is 25.3 Å². The number of aryl methyl sites for hydroxylation is 1. The SMILES string of the molecule is CCNc1cc(N(C)c2ccccc2C)ncn1.